The van der Waals surface area contributed by atoms with E-state index in [1.807, 2.05) is 36.5 Å². The molecule has 0 aliphatic carbocycles. The molecule has 0 aromatic carbocycles. The first-order valence-electron chi connectivity index (χ1n) is 12.5. The molecule has 0 saturated carbocycles. The van der Waals surface area contributed by atoms with Crippen LogP contribution in [0, 0.1) is 5.92 Å². The van der Waals surface area contributed by atoms with Gasteiger partial charge in [0.25, 0.3) is 5.91 Å². The Morgan fingerprint density at radius 3 is 2.51 bits per heavy atom. The standard InChI is InChI=1S/C23H43B2N3O6S/c1-14-12-28(19(30)8-10-33-15(2)24)22(35(14,5)6)21(32)27-17(11-16-7-9-26-20(16)31)18(29)13-34-23(3,4)25/h14-17,22H,7-13,24-25H2,1-6H3,(H,26,31)(H,27,32)/t14?,15?,16-,17-,22-/m0/s1. The third-order valence-corrected chi connectivity index (χ3v) is 10.5. The Hall–Kier alpha value is -1.52. The highest BCUT2D eigenvalue weighted by Crippen LogP contribution is 2.56. The van der Waals surface area contributed by atoms with Crippen LogP contribution in [0.2, 0.25) is 0 Å². The van der Waals surface area contributed by atoms with Gasteiger partial charge < -0.3 is 25.0 Å². The van der Waals surface area contributed by atoms with Crippen molar-refractivity contribution in [3.8, 4) is 0 Å². The van der Waals surface area contributed by atoms with Crippen LogP contribution in [0.1, 0.15) is 47.0 Å². The molecule has 0 aromatic rings. The zero-order chi connectivity index (χ0) is 26.6. The molecule has 2 fully saturated rings. The number of ketones is 1. The Morgan fingerprint density at radius 2 is 1.97 bits per heavy atom. The van der Waals surface area contributed by atoms with Crippen LogP contribution in [0.3, 0.4) is 0 Å². The minimum absolute atomic E-state index is 0.0244. The number of carbonyl (C=O) groups is 4. The van der Waals surface area contributed by atoms with Crippen molar-refractivity contribution >= 4 is 49.2 Å². The van der Waals surface area contributed by atoms with Gasteiger partial charge >= 0.3 is 0 Å². The van der Waals surface area contributed by atoms with Gasteiger partial charge in [-0.1, -0.05) is 6.92 Å². The number of ether oxygens (including phenoxy) is 2. The molecule has 2 aliphatic rings. The first-order chi connectivity index (χ1) is 16.1. The van der Waals surface area contributed by atoms with Gasteiger partial charge in [0.05, 0.1) is 19.1 Å². The molecule has 2 aliphatic heterocycles. The van der Waals surface area contributed by atoms with Crippen molar-refractivity contribution in [1.29, 1.82) is 0 Å². The Labute approximate surface area is 213 Å². The minimum Gasteiger partial charge on any atom is -0.387 e. The van der Waals surface area contributed by atoms with Crippen LogP contribution in [-0.4, -0.2) is 111 Å². The van der Waals surface area contributed by atoms with Gasteiger partial charge in [0, 0.05) is 35.8 Å². The van der Waals surface area contributed by atoms with Crippen molar-refractivity contribution in [2.75, 3.05) is 38.8 Å². The Kier molecular flexibility index (Phi) is 10.3. The average Bonchev–Trinajstić information content (AvgIpc) is 3.24. The van der Waals surface area contributed by atoms with Crippen LogP contribution in [0.25, 0.3) is 0 Å². The highest BCUT2D eigenvalue weighted by Gasteiger charge is 2.49. The molecule has 5 atom stereocenters. The minimum atomic E-state index is -1.52. The molecule has 0 bridgehead atoms. The highest BCUT2D eigenvalue weighted by molar-refractivity contribution is 8.34. The normalized spacial score (nSPS) is 26.6. The van der Waals surface area contributed by atoms with Crippen LogP contribution < -0.4 is 10.6 Å². The van der Waals surface area contributed by atoms with Crippen molar-refractivity contribution in [2.45, 2.75) is 75.1 Å². The number of rotatable bonds is 12. The number of nitrogens with one attached hydrogen (secondary N) is 2. The van der Waals surface area contributed by atoms with Crippen LogP contribution in [0.4, 0.5) is 0 Å². The number of hydrogen-bond acceptors (Lipinski definition) is 6. The zero-order valence-corrected chi connectivity index (χ0v) is 23.5. The lowest BCUT2D eigenvalue weighted by Crippen LogP contribution is -2.53. The number of nitrogens with zero attached hydrogens (tertiary/aromatic N) is 1. The smallest absolute Gasteiger partial charge is 0.252 e. The fourth-order valence-electron chi connectivity index (χ4n) is 4.34. The van der Waals surface area contributed by atoms with Crippen LogP contribution in [0.5, 0.6) is 0 Å². The van der Waals surface area contributed by atoms with E-state index < -0.39 is 26.9 Å². The van der Waals surface area contributed by atoms with E-state index in [1.165, 1.54) is 0 Å². The van der Waals surface area contributed by atoms with E-state index in [9.17, 15) is 19.2 Å². The SMILES string of the molecule is BC(C)OCCC(=O)N1CC(C)S(C)(C)[C@H]1C(=O)N[C@@H](C[C@@H]1CCNC1=O)C(=O)COC(B)(C)C. The quantitative estimate of drug-likeness (QED) is 0.324. The monoisotopic (exact) mass is 511 g/mol. The Bertz CT molecular complexity index is 805. The molecule has 198 valence electrons. The summed E-state index contributed by atoms with van der Waals surface area (Å²) in [6.45, 7) is 8.90. The van der Waals surface area contributed by atoms with Crippen molar-refractivity contribution in [3.05, 3.63) is 0 Å². The number of carbonyl (C=O) groups excluding carboxylic acids is 4. The van der Waals surface area contributed by atoms with E-state index in [2.05, 4.69) is 30.1 Å². The molecule has 2 unspecified atom stereocenters. The fraction of sp³-hybridized carbons (Fsp3) is 0.826. The van der Waals surface area contributed by atoms with E-state index in [-0.39, 0.29) is 60.1 Å². The molecule has 12 heteroatoms. The molecule has 2 saturated heterocycles. The molecular formula is C23H43B2N3O6S. The van der Waals surface area contributed by atoms with Gasteiger partial charge in [-0.25, -0.2) is 10.0 Å². The molecule has 0 aromatic heterocycles. The Morgan fingerprint density at radius 1 is 1.31 bits per heavy atom. The van der Waals surface area contributed by atoms with Gasteiger partial charge in [-0.15, -0.1) is 0 Å². The third-order valence-electron chi connectivity index (χ3n) is 6.70. The van der Waals surface area contributed by atoms with Crippen LogP contribution in [0.15, 0.2) is 0 Å². The second-order valence-electron chi connectivity index (χ2n) is 11.3. The van der Waals surface area contributed by atoms with E-state index >= 15 is 0 Å². The van der Waals surface area contributed by atoms with Crippen molar-refractivity contribution < 1.29 is 28.7 Å². The first-order valence-corrected chi connectivity index (χ1v) is 15.1. The summed E-state index contributed by atoms with van der Waals surface area (Å²) in [6.07, 6.45) is 5.16. The van der Waals surface area contributed by atoms with E-state index in [0.29, 0.717) is 26.1 Å². The maximum absolute atomic E-state index is 13.7. The van der Waals surface area contributed by atoms with Gasteiger partial charge in [-0.05, 0) is 46.1 Å². The summed E-state index contributed by atoms with van der Waals surface area (Å²) in [5.74, 6) is -1.16. The predicted molar refractivity (Wildman–Crippen MR) is 144 cm³/mol. The second kappa shape index (κ2) is 12.1. The maximum atomic E-state index is 13.7. The lowest BCUT2D eigenvalue weighted by molar-refractivity contribution is -0.139. The Balaban J connectivity index is 2.20. The van der Waals surface area contributed by atoms with E-state index in [1.54, 1.807) is 4.90 Å². The summed E-state index contributed by atoms with van der Waals surface area (Å²) < 4.78 is 11.2. The highest BCUT2D eigenvalue weighted by atomic mass is 32.3. The summed E-state index contributed by atoms with van der Waals surface area (Å²) in [7, 11) is 2.26. The molecule has 0 radical (unpaired) electrons. The van der Waals surface area contributed by atoms with Crippen molar-refractivity contribution in [1.82, 2.24) is 15.5 Å². The molecule has 0 spiro atoms. The van der Waals surface area contributed by atoms with E-state index in [4.69, 9.17) is 9.47 Å². The number of Topliss-reactive ketones (excluding diaryl/α,β-unsaturated/α-hetero) is 1. The van der Waals surface area contributed by atoms with Crippen molar-refractivity contribution in [2.24, 2.45) is 5.92 Å². The summed E-state index contributed by atoms with van der Waals surface area (Å²) >= 11 is 0. The van der Waals surface area contributed by atoms with Gasteiger partial charge in [-0.2, -0.15) is 0 Å². The van der Waals surface area contributed by atoms with Crippen molar-refractivity contribution in [3.63, 3.8) is 0 Å². The lowest BCUT2D eigenvalue weighted by Gasteiger charge is -2.38. The number of amides is 3. The molecule has 3 amide bonds. The van der Waals surface area contributed by atoms with Crippen LogP contribution >= 0.6 is 10.0 Å². The largest absolute Gasteiger partial charge is 0.387 e. The van der Waals surface area contributed by atoms with Gasteiger partial charge in [-0.3, -0.25) is 19.2 Å². The fourth-order valence-corrected chi connectivity index (χ4v) is 6.81. The third kappa shape index (κ3) is 8.25. The predicted octanol–water partition coefficient (Wildman–Crippen LogP) is -1.04. The van der Waals surface area contributed by atoms with Crippen LogP contribution in [-0.2, 0) is 28.7 Å². The lowest BCUT2D eigenvalue weighted by atomic mass is 9.85. The van der Waals surface area contributed by atoms with Gasteiger partial charge in [0.15, 0.2) is 5.78 Å². The molecule has 2 heterocycles. The maximum Gasteiger partial charge on any atom is 0.252 e. The summed E-state index contributed by atoms with van der Waals surface area (Å²) in [5.41, 5.74) is -0.511. The van der Waals surface area contributed by atoms with Gasteiger partial charge in [0.2, 0.25) is 11.8 Å². The first kappa shape index (κ1) is 29.7. The summed E-state index contributed by atoms with van der Waals surface area (Å²) in [6, 6.07) is -0.831. The topological polar surface area (TPSA) is 114 Å². The molecular weight excluding hydrogens is 468 g/mol. The molecule has 2 rings (SSSR count). The van der Waals surface area contributed by atoms with E-state index in [0.717, 1.165) is 0 Å². The zero-order valence-electron chi connectivity index (χ0n) is 22.6. The average molecular weight is 511 g/mol. The molecule has 2 N–H and O–H groups in total. The number of hydrogen-bond donors (Lipinski definition) is 2. The summed E-state index contributed by atoms with van der Waals surface area (Å²) in [4.78, 5) is 53.7. The second-order valence-corrected chi connectivity index (χ2v) is 15.5. The molecule has 9 nitrogen and oxygen atoms in total. The molecule has 35 heavy (non-hydrogen) atoms. The van der Waals surface area contributed by atoms with Gasteiger partial charge in [0.1, 0.15) is 27.7 Å². The summed E-state index contributed by atoms with van der Waals surface area (Å²) in [5, 5.41) is 5.25.